The molecule has 1 aliphatic rings. The van der Waals surface area contributed by atoms with Crippen molar-refractivity contribution in [2.24, 2.45) is 5.92 Å². The van der Waals surface area contributed by atoms with E-state index in [-0.39, 0.29) is 11.5 Å². The Labute approximate surface area is 170 Å². The van der Waals surface area contributed by atoms with Gasteiger partial charge in [0.2, 0.25) is 0 Å². The summed E-state index contributed by atoms with van der Waals surface area (Å²) < 4.78 is 0. The fourth-order valence-electron chi connectivity index (χ4n) is 3.50. The van der Waals surface area contributed by atoms with Crippen LogP contribution in [0.4, 0.5) is 0 Å². The number of aromatic nitrogens is 1. The van der Waals surface area contributed by atoms with E-state index >= 15 is 0 Å². The van der Waals surface area contributed by atoms with Crippen LogP contribution in [0, 0.1) is 17.2 Å². The predicted molar refractivity (Wildman–Crippen MR) is 111 cm³/mol. The SMILES string of the molecule is CC(C)Cc1c(C#N)c(SCC(=O)c2ccc(Cl)cc2)nc2c1CCCC2. The van der Waals surface area contributed by atoms with Gasteiger partial charge in [-0.25, -0.2) is 4.98 Å². The molecule has 0 saturated heterocycles. The Morgan fingerprint density at radius 3 is 2.63 bits per heavy atom. The lowest BCUT2D eigenvalue weighted by atomic mass is 9.87. The van der Waals surface area contributed by atoms with Crippen LogP contribution in [0.25, 0.3) is 0 Å². The molecule has 0 atom stereocenters. The van der Waals surface area contributed by atoms with Crippen molar-refractivity contribution in [2.45, 2.75) is 51.0 Å². The van der Waals surface area contributed by atoms with Gasteiger partial charge < -0.3 is 0 Å². The fraction of sp³-hybridized carbons (Fsp3) is 0.409. The molecule has 0 bridgehead atoms. The van der Waals surface area contributed by atoms with Crippen molar-refractivity contribution in [3.8, 4) is 6.07 Å². The second-order valence-corrected chi connectivity index (χ2v) is 8.73. The minimum Gasteiger partial charge on any atom is -0.293 e. The molecule has 0 unspecified atom stereocenters. The van der Waals surface area contributed by atoms with Gasteiger partial charge in [-0.2, -0.15) is 5.26 Å². The van der Waals surface area contributed by atoms with Gasteiger partial charge in [0, 0.05) is 16.3 Å². The van der Waals surface area contributed by atoms with Gasteiger partial charge in [-0.05, 0) is 73.4 Å². The van der Waals surface area contributed by atoms with Crippen LogP contribution in [-0.4, -0.2) is 16.5 Å². The summed E-state index contributed by atoms with van der Waals surface area (Å²) in [5.41, 5.74) is 4.85. The lowest BCUT2D eigenvalue weighted by Gasteiger charge is -2.22. The molecule has 0 aliphatic heterocycles. The van der Waals surface area contributed by atoms with Crippen LogP contribution in [0.5, 0.6) is 0 Å². The highest BCUT2D eigenvalue weighted by molar-refractivity contribution is 8.00. The average Bonchev–Trinajstić information content (AvgIpc) is 2.66. The van der Waals surface area contributed by atoms with Crippen LogP contribution in [0.1, 0.15) is 59.4 Å². The van der Waals surface area contributed by atoms with Gasteiger partial charge in [-0.1, -0.05) is 37.2 Å². The second-order valence-electron chi connectivity index (χ2n) is 7.33. The number of fused-ring (bicyclic) bond motifs is 1. The highest BCUT2D eigenvalue weighted by Gasteiger charge is 2.23. The first kappa shape index (κ1) is 19.9. The summed E-state index contributed by atoms with van der Waals surface area (Å²) in [6.45, 7) is 4.35. The Bertz CT molecular complexity index is 885. The van der Waals surface area contributed by atoms with Crippen molar-refractivity contribution in [3.05, 3.63) is 57.2 Å². The Balaban J connectivity index is 1.89. The molecule has 0 fully saturated rings. The lowest BCUT2D eigenvalue weighted by molar-refractivity contribution is 0.102. The first-order valence-corrected chi connectivity index (χ1v) is 10.7. The fourth-order valence-corrected chi connectivity index (χ4v) is 4.55. The summed E-state index contributed by atoms with van der Waals surface area (Å²) in [6, 6.07) is 9.29. The van der Waals surface area contributed by atoms with Crippen molar-refractivity contribution < 1.29 is 4.79 Å². The third-order valence-corrected chi connectivity index (χ3v) is 6.01. The van der Waals surface area contributed by atoms with Gasteiger partial charge in [0.05, 0.1) is 11.3 Å². The highest BCUT2D eigenvalue weighted by atomic mass is 35.5. The minimum absolute atomic E-state index is 0.0190. The number of nitrogens with zero attached hydrogens (tertiary/aromatic N) is 2. The molecule has 2 aromatic rings. The standard InChI is InChI=1S/C22H23ClN2OS/c1-14(2)11-18-17-5-3-4-6-20(17)25-22(19(18)12-24)27-13-21(26)15-7-9-16(23)10-8-15/h7-10,14H,3-6,11,13H2,1-2H3. The molecule has 0 amide bonds. The first-order chi connectivity index (χ1) is 13.0. The number of benzene rings is 1. The van der Waals surface area contributed by atoms with Gasteiger partial charge in [-0.15, -0.1) is 0 Å². The number of pyridine rings is 1. The maximum Gasteiger partial charge on any atom is 0.173 e. The number of nitriles is 1. The molecule has 140 valence electrons. The molecular formula is C22H23ClN2OS. The second kappa shape index (κ2) is 8.91. The summed E-state index contributed by atoms with van der Waals surface area (Å²) in [5, 5.41) is 11.1. The highest BCUT2D eigenvalue weighted by Crippen LogP contribution is 2.33. The number of rotatable bonds is 6. The Hall–Kier alpha value is -1.83. The third kappa shape index (κ3) is 4.72. The van der Waals surface area contributed by atoms with Crippen LogP contribution in [-0.2, 0) is 19.3 Å². The maximum atomic E-state index is 12.5. The van der Waals surface area contributed by atoms with Gasteiger partial charge in [-0.3, -0.25) is 4.79 Å². The molecule has 1 aromatic heterocycles. The molecule has 3 rings (SSSR count). The molecule has 27 heavy (non-hydrogen) atoms. The van der Waals surface area contributed by atoms with E-state index in [4.69, 9.17) is 16.6 Å². The summed E-state index contributed by atoms with van der Waals surface area (Å²) in [7, 11) is 0. The molecule has 0 saturated carbocycles. The molecule has 1 heterocycles. The van der Waals surface area contributed by atoms with Crippen molar-refractivity contribution in [1.82, 2.24) is 4.98 Å². The van der Waals surface area contributed by atoms with E-state index in [1.807, 2.05) is 0 Å². The largest absolute Gasteiger partial charge is 0.293 e. The zero-order valence-corrected chi connectivity index (χ0v) is 17.3. The molecule has 1 aromatic carbocycles. The molecule has 1 aliphatic carbocycles. The average molecular weight is 399 g/mol. The quantitative estimate of drug-likeness (QED) is 0.465. The van der Waals surface area contributed by atoms with E-state index in [9.17, 15) is 10.1 Å². The van der Waals surface area contributed by atoms with Crippen LogP contribution >= 0.6 is 23.4 Å². The van der Waals surface area contributed by atoms with Gasteiger partial charge in [0.15, 0.2) is 5.78 Å². The maximum absolute atomic E-state index is 12.5. The minimum atomic E-state index is 0.0190. The van der Waals surface area contributed by atoms with E-state index in [0.29, 0.717) is 27.1 Å². The first-order valence-electron chi connectivity index (χ1n) is 9.36. The Morgan fingerprint density at radius 1 is 1.26 bits per heavy atom. The van der Waals surface area contributed by atoms with Crippen molar-refractivity contribution >= 4 is 29.1 Å². The molecular weight excluding hydrogens is 376 g/mol. The zero-order valence-electron chi connectivity index (χ0n) is 15.7. The normalized spacial score (nSPS) is 13.3. The number of carbonyl (C=O) groups is 1. The van der Waals surface area contributed by atoms with Gasteiger partial charge in [0.1, 0.15) is 11.1 Å². The lowest BCUT2D eigenvalue weighted by Crippen LogP contribution is -2.14. The number of halogens is 1. The van der Waals surface area contributed by atoms with Gasteiger partial charge in [0.25, 0.3) is 0 Å². The number of hydrogen-bond donors (Lipinski definition) is 0. The molecule has 3 nitrogen and oxygen atoms in total. The number of ketones is 1. The number of carbonyl (C=O) groups excluding carboxylic acids is 1. The summed E-state index contributed by atoms with van der Waals surface area (Å²) in [5.74, 6) is 0.757. The van der Waals surface area contributed by atoms with Crippen LogP contribution in [0.3, 0.4) is 0 Å². The molecule has 5 heteroatoms. The number of Topliss-reactive ketones (excluding diaryl/α,β-unsaturated/α-hetero) is 1. The van der Waals surface area contributed by atoms with Crippen LogP contribution in [0.15, 0.2) is 29.3 Å². The van der Waals surface area contributed by atoms with Gasteiger partial charge >= 0.3 is 0 Å². The smallest absolute Gasteiger partial charge is 0.173 e. The predicted octanol–water partition coefficient (Wildman–Crippen LogP) is 5.66. The Kier molecular flexibility index (Phi) is 6.57. The third-order valence-electron chi connectivity index (χ3n) is 4.79. The Morgan fingerprint density at radius 2 is 1.96 bits per heavy atom. The molecule has 0 radical (unpaired) electrons. The molecule has 0 N–H and O–H groups in total. The van der Waals surface area contributed by atoms with Crippen LogP contribution < -0.4 is 0 Å². The zero-order chi connectivity index (χ0) is 19.4. The van der Waals surface area contributed by atoms with Crippen LogP contribution in [0.2, 0.25) is 5.02 Å². The van der Waals surface area contributed by atoms with E-state index in [1.54, 1.807) is 24.3 Å². The van der Waals surface area contributed by atoms with E-state index < -0.39 is 0 Å². The summed E-state index contributed by atoms with van der Waals surface area (Å²) >= 11 is 7.27. The van der Waals surface area contributed by atoms with Crippen molar-refractivity contribution in [2.75, 3.05) is 5.75 Å². The number of thioether (sulfide) groups is 1. The monoisotopic (exact) mass is 398 g/mol. The summed E-state index contributed by atoms with van der Waals surface area (Å²) in [6.07, 6.45) is 5.15. The summed E-state index contributed by atoms with van der Waals surface area (Å²) in [4.78, 5) is 17.3. The van der Waals surface area contributed by atoms with Crippen molar-refractivity contribution in [3.63, 3.8) is 0 Å². The topological polar surface area (TPSA) is 53.8 Å². The number of aryl methyl sites for hydroxylation is 1. The van der Waals surface area contributed by atoms with E-state index in [0.717, 1.165) is 43.4 Å². The van der Waals surface area contributed by atoms with E-state index in [1.165, 1.54) is 17.3 Å². The number of hydrogen-bond acceptors (Lipinski definition) is 4. The van der Waals surface area contributed by atoms with E-state index in [2.05, 4.69) is 19.9 Å². The molecule has 0 spiro atoms. The van der Waals surface area contributed by atoms with Crippen molar-refractivity contribution in [1.29, 1.82) is 5.26 Å².